The maximum absolute atomic E-state index is 12.4. The monoisotopic (exact) mass is 414 g/mol. The number of nitro groups is 1. The van der Waals surface area contributed by atoms with Crippen molar-refractivity contribution in [2.45, 2.75) is 26.3 Å². The van der Waals surface area contributed by atoms with Crippen LogP contribution >= 0.6 is 0 Å². The SMILES string of the molecule is CC[C@@H](NC(=O)COC(=O)c1cc2c(cc1[N+](=O)[O-])OCCO2)c1ccc(C)cc1. The van der Waals surface area contributed by atoms with Crippen molar-refractivity contribution in [3.05, 3.63) is 63.2 Å². The van der Waals surface area contributed by atoms with Crippen molar-refractivity contribution in [1.29, 1.82) is 0 Å². The predicted molar refractivity (Wildman–Crippen MR) is 107 cm³/mol. The quantitative estimate of drug-likeness (QED) is 0.420. The molecule has 0 aliphatic carbocycles. The van der Waals surface area contributed by atoms with E-state index in [1.165, 1.54) is 6.07 Å². The van der Waals surface area contributed by atoms with Crippen LogP contribution in [0.2, 0.25) is 0 Å². The molecule has 0 unspecified atom stereocenters. The molecule has 1 heterocycles. The van der Waals surface area contributed by atoms with Crippen LogP contribution in [0.3, 0.4) is 0 Å². The number of amides is 1. The van der Waals surface area contributed by atoms with Crippen molar-refractivity contribution < 1.29 is 28.7 Å². The van der Waals surface area contributed by atoms with Crippen LogP contribution in [0.4, 0.5) is 5.69 Å². The fourth-order valence-electron chi connectivity index (χ4n) is 3.06. The number of hydrogen-bond donors (Lipinski definition) is 1. The smallest absolute Gasteiger partial charge is 0.345 e. The summed E-state index contributed by atoms with van der Waals surface area (Å²) in [6.45, 7) is 3.86. The molecule has 0 saturated carbocycles. The van der Waals surface area contributed by atoms with Crippen LogP contribution in [0.1, 0.15) is 40.9 Å². The summed E-state index contributed by atoms with van der Waals surface area (Å²) in [7, 11) is 0. The van der Waals surface area contributed by atoms with Gasteiger partial charge in [0.05, 0.1) is 17.0 Å². The van der Waals surface area contributed by atoms with Gasteiger partial charge in [0.15, 0.2) is 18.1 Å². The lowest BCUT2D eigenvalue weighted by Crippen LogP contribution is -2.32. The molecule has 0 radical (unpaired) electrons. The molecule has 0 saturated heterocycles. The zero-order valence-electron chi connectivity index (χ0n) is 16.7. The number of fused-ring (bicyclic) bond motifs is 1. The van der Waals surface area contributed by atoms with Crippen molar-refractivity contribution in [3.63, 3.8) is 0 Å². The highest BCUT2D eigenvalue weighted by molar-refractivity contribution is 5.96. The molecule has 2 aromatic rings. The standard InChI is InChI=1S/C21H22N2O7/c1-3-16(14-6-4-13(2)5-7-14)22-20(24)12-30-21(25)15-10-18-19(29-9-8-28-18)11-17(15)23(26)27/h4-7,10-11,16H,3,8-9,12H2,1-2H3,(H,22,24)/t16-/m1/s1. The van der Waals surface area contributed by atoms with Gasteiger partial charge in [-0.2, -0.15) is 0 Å². The van der Waals surface area contributed by atoms with Crippen LogP contribution in [0.25, 0.3) is 0 Å². The Bertz CT molecular complexity index is 957. The first-order valence-corrected chi connectivity index (χ1v) is 9.50. The van der Waals surface area contributed by atoms with Crippen LogP contribution < -0.4 is 14.8 Å². The third-order valence-corrected chi connectivity index (χ3v) is 4.63. The molecule has 3 rings (SSSR count). The van der Waals surface area contributed by atoms with E-state index < -0.39 is 29.1 Å². The summed E-state index contributed by atoms with van der Waals surface area (Å²) in [5, 5.41) is 14.1. The van der Waals surface area contributed by atoms with Gasteiger partial charge in [0.25, 0.3) is 11.6 Å². The Labute approximate surface area is 173 Å². The number of carbonyl (C=O) groups excluding carboxylic acids is 2. The Hall–Kier alpha value is -3.62. The molecule has 9 heteroatoms. The molecule has 0 spiro atoms. The molecule has 1 aliphatic heterocycles. The van der Waals surface area contributed by atoms with Gasteiger partial charge < -0.3 is 19.5 Å². The molecular weight excluding hydrogens is 392 g/mol. The van der Waals surface area contributed by atoms with Gasteiger partial charge in [0.2, 0.25) is 0 Å². The number of esters is 1. The second-order valence-corrected chi connectivity index (χ2v) is 6.79. The summed E-state index contributed by atoms with van der Waals surface area (Å²) in [5.74, 6) is -1.09. The first-order chi connectivity index (χ1) is 14.4. The molecule has 0 bridgehead atoms. The topological polar surface area (TPSA) is 117 Å². The Morgan fingerprint density at radius 1 is 1.17 bits per heavy atom. The van der Waals surface area contributed by atoms with Crippen LogP contribution in [0.15, 0.2) is 36.4 Å². The summed E-state index contributed by atoms with van der Waals surface area (Å²) in [4.78, 5) is 35.3. The number of ether oxygens (including phenoxy) is 3. The van der Waals surface area contributed by atoms with Crippen molar-refractivity contribution in [3.8, 4) is 11.5 Å². The lowest BCUT2D eigenvalue weighted by atomic mass is 10.0. The average molecular weight is 414 g/mol. The van der Waals surface area contributed by atoms with Crippen LogP contribution in [-0.4, -0.2) is 36.6 Å². The minimum absolute atomic E-state index is 0.186. The minimum Gasteiger partial charge on any atom is -0.486 e. The highest BCUT2D eigenvalue weighted by Crippen LogP contribution is 2.36. The molecule has 1 N–H and O–H groups in total. The fourth-order valence-corrected chi connectivity index (χ4v) is 3.06. The first-order valence-electron chi connectivity index (χ1n) is 9.50. The van der Waals surface area contributed by atoms with Gasteiger partial charge >= 0.3 is 5.97 Å². The van der Waals surface area contributed by atoms with Gasteiger partial charge in [0, 0.05) is 6.07 Å². The molecule has 9 nitrogen and oxygen atoms in total. The van der Waals surface area contributed by atoms with E-state index in [2.05, 4.69) is 5.32 Å². The maximum Gasteiger partial charge on any atom is 0.345 e. The van der Waals surface area contributed by atoms with Gasteiger partial charge in [-0.05, 0) is 18.9 Å². The van der Waals surface area contributed by atoms with Gasteiger partial charge in [-0.3, -0.25) is 14.9 Å². The van der Waals surface area contributed by atoms with E-state index >= 15 is 0 Å². The summed E-state index contributed by atoms with van der Waals surface area (Å²) in [5.41, 5.74) is 1.26. The van der Waals surface area contributed by atoms with E-state index in [9.17, 15) is 19.7 Å². The van der Waals surface area contributed by atoms with Gasteiger partial charge in [0.1, 0.15) is 18.8 Å². The van der Waals surface area contributed by atoms with E-state index in [0.717, 1.165) is 17.2 Å². The van der Waals surface area contributed by atoms with Crippen molar-refractivity contribution >= 4 is 17.6 Å². The number of nitrogens with one attached hydrogen (secondary N) is 1. The highest BCUT2D eigenvalue weighted by atomic mass is 16.6. The molecule has 1 atom stereocenters. The molecule has 0 aromatic heterocycles. The summed E-state index contributed by atoms with van der Waals surface area (Å²) in [6.07, 6.45) is 0.649. The highest BCUT2D eigenvalue weighted by Gasteiger charge is 2.28. The maximum atomic E-state index is 12.4. The second-order valence-electron chi connectivity index (χ2n) is 6.79. The van der Waals surface area contributed by atoms with Crippen LogP contribution in [0, 0.1) is 17.0 Å². The average Bonchev–Trinajstić information content (AvgIpc) is 2.75. The number of rotatable bonds is 7. The molecule has 0 fully saturated rings. The molecular formula is C21H22N2O7. The Morgan fingerprint density at radius 2 is 1.80 bits per heavy atom. The lowest BCUT2D eigenvalue weighted by Gasteiger charge is -2.19. The Morgan fingerprint density at radius 3 is 2.40 bits per heavy atom. The fraction of sp³-hybridized carbons (Fsp3) is 0.333. The van der Waals surface area contributed by atoms with E-state index in [1.54, 1.807) is 0 Å². The van der Waals surface area contributed by atoms with Gasteiger partial charge in [-0.1, -0.05) is 36.8 Å². The third-order valence-electron chi connectivity index (χ3n) is 4.63. The van der Waals surface area contributed by atoms with E-state index in [4.69, 9.17) is 14.2 Å². The third kappa shape index (κ3) is 4.86. The van der Waals surface area contributed by atoms with E-state index in [0.29, 0.717) is 6.42 Å². The Kier molecular flexibility index (Phi) is 6.51. The van der Waals surface area contributed by atoms with Crippen molar-refractivity contribution in [1.82, 2.24) is 5.32 Å². The molecule has 1 aliphatic rings. The zero-order chi connectivity index (χ0) is 21.7. The minimum atomic E-state index is -0.989. The van der Waals surface area contributed by atoms with Crippen molar-refractivity contribution in [2.24, 2.45) is 0 Å². The summed E-state index contributed by atoms with van der Waals surface area (Å²) in [6, 6.07) is 9.84. The molecule has 2 aromatic carbocycles. The summed E-state index contributed by atoms with van der Waals surface area (Å²) >= 11 is 0. The predicted octanol–water partition coefficient (Wildman–Crippen LogP) is 3.10. The number of nitro benzene ring substituents is 1. The van der Waals surface area contributed by atoms with Crippen LogP contribution in [-0.2, 0) is 9.53 Å². The number of hydrogen-bond acceptors (Lipinski definition) is 7. The molecule has 1 amide bonds. The van der Waals surface area contributed by atoms with Gasteiger partial charge in [-0.15, -0.1) is 0 Å². The number of carbonyl (C=O) groups is 2. The zero-order valence-corrected chi connectivity index (χ0v) is 16.7. The summed E-state index contributed by atoms with van der Waals surface area (Å²) < 4.78 is 15.7. The number of benzene rings is 2. The second kappa shape index (κ2) is 9.25. The number of nitrogens with zero attached hydrogens (tertiary/aromatic N) is 1. The number of aryl methyl sites for hydroxylation is 1. The van der Waals surface area contributed by atoms with E-state index in [-0.39, 0.29) is 36.3 Å². The first kappa shape index (κ1) is 21.1. The largest absolute Gasteiger partial charge is 0.486 e. The lowest BCUT2D eigenvalue weighted by molar-refractivity contribution is -0.385. The molecule has 158 valence electrons. The van der Waals surface area contributed by atoms with Crippen LogP contribution in [0.5, 0.6) is 11.5 Å². The Balaban J connectivity index is 1.66. The van der Waals surface area contributed by atoms with Crippen molar-refractivity contribution in [2.75, 3.05) is 19.8 Å². The van der Waals surface area contributed by atoms with Gasteiger partial charge in [-0.25, -0.2) is 4.79 Å². The normalized spacial score (nSPS) is 13.3. The molecule has 30 heavy (non-hydrogen) atoms. The van der Waals surface area contributed by atoms with E-state index in [1.807, 2.05) is 38.1 Å².